The highest BCUT2D eigenvalue weighted by atomic mass is 19.1. The third-order valence-corrected chi connectivity index (χ3v) is 2.99. The number of nitrogens with zero attached hydrogens (tertiary/aromatic N) is 2. The van der Waals surface area contributed by atoms with Gasteiger partial charge in [-0.3, -0.25) is 10.1 Å². The minimum absolute atomic E-state index is 0.0346. The Morgan fingerprint density at radius 3 is 2.78 bits per heavy atom. The van der Waals surface area contributed by atoms with Crippen molar-refractivity contribution in [3.05, 3.63) is 33.9 Å². The number of rotatable bonds is 2. The first-order valence-electron chi connectivity index (χ1n) is 5.63. The molecule has 2 rings (SSSR count). The standard InChI is InChI=1S/C11H13F2N3O2/c12-7-4-9(13)11(16(17)18)10(5-7)15-3-1-2-8(14)6-15/h4-5,8H,1-3,6,14H2. The first kappa shape index (κ1) is 12.7. The fraction of sp³-hybridized carbons (Fsp3) is 0.455. The molecule has 0 aliphatic carbocycles. The maximum atomic E-state index is 13.5. The summed E-state index contributed by atoms with van der Waals surface area (Å²) in [6.45, 7) is 0.876. The molecule has 1 aliphatic rings. The van der Waals surface area contributed by atoms with Crippen LogP contribution in [0.2, 0.25) is 0 Å². The number of hydrogen-bond donors (Lipinski definition) is 1. The maximum Gasteiger partial charge on any atom is 0.328 e. The second kappa shape index (κ2) is 4.85. The minimum atomic E-state index is -1.16. The van der Waals surface area contributed by atoms with Gasteiger partial charge in [-0.25, -0.2) is 4.39 Å². The van der Waals surface area contributed by atoms with E-state index in [2.05, 4.69) is 0 Å². The highest BCUT2D eigenvalue weighted by Crippen LogP contribution is 2.33. The quantitative estimate of drug-likeness (QED) is 0.647. The molecular weight excluding hydrogens is 244 g/mol. The predicted molar refractivity (Wildman–Crippen MR) is 62.4 cm³/mol. The van der Waals surface area contributed by atoms with E-state index < -0.39 is 22.2 Å². The molecule has 0 amide bonds. The lowest BCUT2D eigenvalue weighted by Gasteiger charge is -2.32. The SMILES string of the molecule is NC1CCCN(c2cc(F)cc(F)c2[N+](=O)[O-])C1. The second-order valence-electron chi connectivity index (χ2n) is 4.36. The molecule has 2 N–H and O–H groups in total. The molecule has 1 fully saturated rings. The van der Waals surface area contributed by atoms with Crippen LogP contribution in [0.25, 0.3) is 0 Å². The number of benzene rings is 1. The van der Waals surface area contributed by atoms with Crippen LogP contribution in [0.15, 0.2) is 12.1 Å². The largest absolute Gasteiger partial charge is 0.364 e. The van der Waals surface area contributed by atoms with Crippen LogP contribution in [0.1, 0.15) is 12.8 Å². The van der Waals surface area contributed by atoms with Gasteiger partial charge in [-0.1, -0.05) is 0 Å². The van der Waals surface area contributed by atoms with Crippen molar-refractivity contribution in [2.45, 2.75) is 18.9 Å². The zero-order chi connectivity index (χ0) is 13.3. The Morgan fingerprint density at radius 2 is 2.17 bits per heavy atom. The normalized spacial score (nSPS) is 19.9. The van der Waals surface area contributed by atoms with Crippen molar-refractivity contribution < 1.29 is 13.7 Å². The summed E-state index contributed by atoms with van der Waals surface area (Å²) in [5.74, 6) is -1.98. The Kier molecular flexibility index (Phi) is 3.42. The van der Waals surface area contributed by atoms with Crippen LogP contribution < -0.4 is 10.6 Å². The molecule has 0 aromatic heterocycles. The van der Waals surface area contributed by atoms with Crippen molar-refractivity contribution >= 4 is 11.4 Å². The van der Waals surface area contributed by atoms with Gasteiger partial charge in [0.05, 0.1) is 4.92 Å². The van der Waals surface area contributed by atoms with Crippen LogP contribution in [0.5, 0.6) is 0 Å². The van der Waals surface area contributed by atoms with Gasteiger partial charge in [0.15, 0.2) is 0 Å². The van der Waals surface area contributed by atoms with E-state index in [9.17, 15) is 18.9 Å². The molecule has 1 heterocycles. The molecule has 5 nitrogen and oxygen atoms in total. The monoisotopic (exact) mass is 257 g/mol. The van der Waals surface area contributed by atoms with Gasteiger partial charge in [-0.05, 0) is 12.8 Å². The second-order valence-corrected chi connectivity index (χ2v) is 4.36. The van der Waals surface area contributed by atoms with Crippen LogP contribution >= 0.6 is 0 Å². The maximum absolute atomic E-state index is 13.5. The number of hydrogen-bond acceptors (Lipinski definition) is 4. The van der Waals surface area contributed by atoms with Gasteiger partial charge in [0.1, 0.15) is 11.5 Å². The molecule has 98 valence electrons. The molecule has 7 heteroatoms. The molecule has 0 saturated carbocycles. The Hall–Kier alpha value is -1.76. The van der Waals surface area contributed by atoms with Crippen molar-refractivity contribution in [2.24, 2.45) is 5.73 Å². The number of anilines is 1. The van der Waals surface area contributed by atoms with E-state index >= 15 is 0 Å². The zero-order valence-corrected chi connectivity index (χ0v) is 9.60. The van der Waals surface area contributed by atoms with E-state index in [1.807, 2.05) is 0 Å². The van der Waals surface area contributed by atoms with Gasteiger partial charge >= 0.3 is 5.69 Å². The Labute approximate surface area is 102 Å². The van der Waals surface area contributed by atoms with E-state index in [0.717, 1.165) is 18.9 Å². The summed E-state index contributed by atoms with van der Waals surface area (Å²) >= 11 is 0. The van der Waals surface area contributed by atoms with Crippen LogP contribution in [0.3, 0.4) is 0 Å². The summed E-state index contributed by atoms with van der Waals surface area (Å²) in [6, 6.07) is 1.37. The van der Waals surface area contributed by atoms with Gasteiger partial charge in [0, 0.05) is 31.3 Å². The summed E-state index contributed by atoms with van der Waals surface area (Å²) in [5, 5.41) is 10.9. The lowest BCUT2D eigenvalue weighted by atomic mass is 10.1. The summed E-state index contributed by atoms with van der Waals surface area (Å²) in [6.07, 6.45) is 1.55. The summed E-state index contributed by atoms with van der Waals surface area (Å²) in [7, 11) is 0. The van der Waals surface area contributed by atoms with E-state index in [1.54, 1.807) is 4.90 Å². The fourth-order valence-corrected chi connectivity index (χ4v) is 2.20. The van der Waals surface area contributed by atoms with Gasteiger partial charge in [0.2, 0.25) is 5.82 Å². The highest BCUT2D eigenvalue weighted by Gasteiger charge is 2.28. The first-order chi connectivity index (χ1) is 8.49. The minimum Gasteiger partial charge on any atom is -0.364 e. The number of halogens is 2. The molecular formula is C11H13F2N3O2. The third kappa shape index (κ3) is 2.40. The van der Waals surface area contributed by atoms with Crippen LogP contribution in [-0.2, 0) is 0 Å². The average Bonchev–Trinajstić information content (AvgIpc) is 2.27. The van der Waals surface area contributed by atoms with Gasteiger partial charge in [0.25, 0.3) is 0 Å². The van der Waals surface area contributed by atoms with Gasteiger partial charge < -0.3 is 10.6 Å². The summed E-state index contributed by atoms with van der Waals surface area (Å²) in [5.41, 5.74) is 5.04. The van der Waals surface area contributed by atoms with E-state index in [4.69, 9.17) is 5.73 Å². The molecule has 1 aliphatic heterocycles. The smallest absolute Gasteiger partial charge is 0.328 e. The van der Waals surface area contributed by atoms with Crippen molar-refractivity contribution in [1.82, 2.24) is 0 Å². The van der Waals surface area contributed by atoms with Crippen LogP contribution in [-0.4, -0.2) is 24.1 Å². The molecule has 1 atom stereocenters. The van der Waals surface area contributed by atoms with Crippen molar-refractivity contribution in [3.63, 3.8) is 0 Å². The van der Waals surface area contributed by atoms with Crippen molar-refractivity contribution in [3.8, 4) is 0 Å². The summed E-state index contributed by atoms with van der Waals surface area (Å²) in [4.78, 5) is 11.6. The number of nitrogens with two attached hydrogens (primary N) is 1. The number of nitro groups is 1. The lowest BCUT2D eigenvalue weighted by Crippen LogP contribution is -2.43. The number of nitro benzene ring substituents is 1. The Bertz CT molecular complexity index is 482. The van der Waals surface area contributed by atoms with Crippen molar-refractivity contribution in [1.29, 1.82) is 0 Å². The van der Waals surface area contributed by atoms with Crippen molar-refractivity contribution in [2.75, 3.05) is 18.0 Å². The summed E-state index contributed by atoms with van der Waals surface area (Å²) < 4.78 is 26.7. The van der Waals surface area contributed by atoms with Crippen LogP contribution in [0, 0.1) is 21.7 Å². The average molecular weight is 257 g/mol. The molecule has 1 unspecified atom stereocenters. The molecule has 1 aromatic carbocycles. The third-order valence-electron chi connectivity index (χ3n) is 2.99. The molecule has 1 aromatic rings. The van der Waals surface area contributed by atoms with E-state index in [-0.39, 0.29) is 11.7 Å². The fourth-order valence-electron chi connectivity index (χ4n) is 2.20. The lowest BCUT2D eigenvalue weighted by molar-refractivity contribution is -0.386. The number of piperidine rings is 1. The highest BCUT2D eigenvalue weighted by molar-refractivity contribution is 5.64. The zero-order valence-electron chi connectivity index (χ0n) is 9.60. The van der Waals surface area contributed by atoms with E-state index in [1.165, 1.54) is 0 Å². The Morgan fingerprint density at radius 1 is 1.44 bits per heavy atom. The topological polar surface area (TPSA) is 72.4 Å². The first-order valence-corrected chi connectivity index (χ1v) is 5.63. The van der Waals surface area contributed by atoms with Gasteiger partial charge in [-0.2, -0.15) is 4.39 Å². The predicted octanol–water partition coefficient (Wildman–Crippen LogP) is 1.80. The van der Waals surface area contributed by atoms with Crippen LogP contribution in [0.4, 0.5) is 20.2 Å². The molecule has 1 saturated heterocycles. The molecule has 0 bridgehead atoms. The molecule has 0 radical (unpaired) electrons. The molecule has 18 heavy (non-hydrogen) atoms. The Balaban J connectivity index is 2.44. The molecule has 0 spiro atoms. The van der Waals surface area contributed by atoms with E-state index in [0.29, 0.717) is 19.2 Å². The van der Waals surface area contributed by atoms with Gasteiger partial charge in [-0.15, -0.1) is 0 Å².